The quantitative estimate of drug-likeness (QED) is 0.495. The lowest BCUT2D eigenvalue weighted by Gasteiger charge is -2.13. The molecule has 144 valence electrons. The Morgan fingerprint density at radius 2 is 2.07 bits per heavy atom. The van der Waals surface area contributed by atoms with Crippen molar-refractivity contribution in [2.75, 3.05) is 6.54 Å². The predicted octanol–water partition coefficient (Wildman–Crippen LogP) is 4.43. The summed E-state index contributed by atoms with van der Waals surface area (Å²) in [6.45, 7) is 8.78. The highest BCUT2D eigenvalue weighted by atomic mass is 16.1. The van der Waals surface area contributed by atoms with Gasteiger partial charge >= 0.3 is 0 Å². The lowest BCUT2D eigenvalue weighted by atomic mass is 10.1. The monoisotopic (exact) mass is 374 g/mol. The first-order valence-electron chi connectivity index (χ1n) is 9.55. The van der Waals surface area contributed by atoms with Gasteiger partial charge in [-0.1, -0.05) is 18.2 Å². The van der Waals surface area contributed by atoms with Crippen molar-refractivity contribution in [3.8, 4) is 6.07 Å². The van der Waals surface area contributed by atoms with E-state index < -0.39 is 0 Å². The summed E-state index contributed by atoms with van der Waals surface area (Å²) in [5.41, 5.74) is 5.46. The van der Waals surface area contributed by atoms with Gasteiger partial charge in [0.2, 0.25) is 0 Å². The Hall–Kier alpha value is -3.26. The van der Waals surface area contributed by atoms with Crippen molar-refractivity contribution in [2.24, 2.45) is 0 Å². The molecule has 2 N–H and O–H groups in total. The number of rotatable bonds is 6. The number of aromatic nitrogens is 2. The van der Waals surface area contributed by atoms with Crippen molar-refractivity contribution in [3.63, 3.8) is 0 Å². The Bertz CT molecular complexity index is 1080. The summed E-state index contributed by atoms with van der Waals surface area (Å²) in [4.78, 5) is 15.7. The molecule has 2 heterocycles. The molecule has 0 aliphatic heterocycles. The van der Waals surface area contributed by atoms with Crippen LogP contribution in [0.2, 0.25) is 0 Å². The Morgan fingerprint density at radius 1 is 1.32 bits per heavy atom. The third-order valence-electron chi connectivity index (χ3n) is 5.06. The highest BCUT2D eigenvalue weighted by Crippen LogP contribution is 2.22. The van der Waals surface area contributed by atoms with Crippen LogP contribution in [0.15, 0.2) is 42.1 Å². The molecule has 1 aromatic carbocycles. The molecule has 3 aromatic rings. The summed E-state index contributed by atoms with van der Waals surface area (Å²) in [6.07, 6.45) is 4.36. The maximum atomic E-state index is 12.5. The molecule has 28 heavy (non-hydrogen) atoms. The van der Waals surface area contributed by atoms with Crippen molar-refractivity contribution in [2.45, 2.75) is 40.2 Å². The zero-order valence-corrected chi connectivity index (χ0v) is 16.8. The van der Waals surface area contributed by atoms with E-state index in [1.807, 2.05) is 50.4 Å². The maximum absolute atomic E-state index is 12.5. The van der Waals surface area contributed by atoms with Crippen LogP contribution in [0.1, 0.15) is 42.4 Å². The van der Waals surface area contributed by atoms with Gasteiger partial charge in [0.05, 0.1) is 0 Å². The fraction of sp³-hybridized carbons (Fsp3) is 0.304. The molecule has 5 heteroatoms. The Kier molecular flexibility index (Phi) is 5.70. The number of aromatic amines is 1. The molecular formula is C23H26N4O. The number of benzene rings is 1. The van der Waals surface area contributed by atoms with Crippen LogP contribution in [0.3, 0.4) is 0 Å². The molecule has 0 aliphatic rings. The van der Waals surface area contributed by atoms with Crippen LogP contribution >= 0.6 is 0 Å². The second-order valence-corrected chi connectivity index (χ2v) is 7.33. The average Bonchev–Trinajstić information content (AvgIpc) is 3.20. The molecule has 0 atom stereocenters. The van der Waals surface area contributed by atoms with E-state index in [4.69, 9.17) is 0 Å². The van der Waals surface area contributed by atoms with E-state index >= 15 is 0 Å². The number of hydrogen-bond donors (Lipinski definition) is 2. The number of nitriles is 1. The summed E-state index contributed by atoms with van der Waals surface area (Å²) in [5, 5.41) is 13.5. The normalized spacial score (nSPS) is 11.8. The van der Waals surface area contributed by atoms with Gasteiger partial charge in [-0.15, -0.1) is 0 Å². The highest BCUT2D eigenvalue weighted by Gasteiger charge is 2.14. The maximum Gasteiger partial charge on any atom is 0.261 e. The number of fused-ring (bicyclic) bond motifs is 1. The molecule has 0 fully saturated rings. The van der Waals surface area contributed by atoms with E-state index in [9.17, 15) is 10.1 Å². The summed E-state index contributed by atoms with van der Waals surface area (Å²) in [7, 11) is 0. The van der Waals surface area contributed by atoms with Crippen molar-refractivity contribution in [1.82, 2.24) is 14.9 Å². The third-order valence-corrected chi connectivity index (χ3v) is 5.06. The van der Waals surface area contributed by atoms with Crippen molar-refractivity contribution >= 4 is 22.9 Å². The van der Waals surface area contributed by atoms with Gasteiger partial charge < -0.3 is 14.9 Å². The molecule has 1 amide bonds. The first kappa shape index (κ1) is 19.5. The van der Waals surface area contributed by atoms with Crippen molar-refractivity contribution < 1.29 is 4.79 Å². The summed E-state index contributed by atoms with van der Waals surface area (Å²) < 4.78 is 2.20. The second kappa shape index (κ2) is 8.18. The number of nitrogens with zero attached hydrogens (tertiary/aromatic N) is 2. The Morgan fingerprint density at radius 3 is 2.75 bits per heavy atom. The molecule has 0 spiro atoms. The molecule has 2 aromatic heterocycles. The summed E-state index contributed by atoms with van der Waals surface area (Å²) in [6, 6.07) is 12.5. The zero-order chi connectivity index (χ0) is 20.3. The van der Waals surface area contributed by atoms with E-state index in [0.717, 1.165) is 33.4 Å². The van der Waals surface area contributed by atoms with Crippen LogP contribution in [-0.4, -0.2) is 22.0 Å². The summed E-state index contributed by atoms with van der Waals surface area (Å²) in [5.74, 6) is -0.336. The smallest absolute Gasteiger partial charge is 0.261 e. The first-order chi connectivity index (χ1) is 13.4. The molecule has 3 rings (SSSR count). The SMILES string of the molecule is Cc1cc(C=C(C#N)C(=O)NCCc2c[nH]c3ccccc23)c(C)n1C(C)C. The number of carbonyl (C=O) groups excluding carboxylic acids is 1. The first-order valence-corrected chi connectivity index (χ1v) is 9.55. The van der Waals surface area contributed by atoms with E-state index in [-0.39, 0.29) is 11.5 Å². The van der Waals surface area contributed by atoms with Gasteiger partial charge in [-0.05, 0) is 63.5 Å². The number of aryl methyl sites for hydroxylation is 1. The van der Waals surface area contributed by atoms with E-state index in [1.165, 1.54) is 0 Å². The number of para-hydroxylation sites is 1. The van der Waals surface area contributed by atoms with Crippen LogP contribution in [0.25, 0.3) is 17.0 Å². The van der Waals surface area contributed by atoms with Crippen LogP contribution in [0.5, 0.6) is 0 Å². The van der Waals surface area contributed by atoms with E-state index in [0.29, 0.717) is 19.0 Å². The minimum atomic E-state index is -0.336. The van der Waals surface area contributed by atoms with Crippen molar-refractivity contribution in [1.29, 1.82) is 5.26 Å². The van der Waals surface area contributed by atoms with Gasteiger partial charge in [0.25, 0.3) is 5.91 Å². The molecule has 0 unspecified atom stereocenters. The van der Waals surface area contributed by atoms with Crippen LogP contribution in [0, 0.1) is 25.2 Å². The lowest BCUT2D eigenvalue weighted by Crippen LogP contribution is -2.26. The number of carbonyl (C=O) groups is 1. The molecule has 0 saturated heterocycles. The zero-order valence-electron chi connectivity index (χ0n) is 16.8. The summed E-state index contributed by atoms with van der Waals surface area (Å²) >= 11 is 0. The van der Waals surface area contributed by atoms with Gasteiger partial charge in [0, 0.05) is 41.1 Å². The third kappa shape index (κ3) is 3.86. The number of amides is 1. The lowest BCUT2D eigenvalue weighted by molar-refractivity contribution is -0.117. The number of hydrogen-bond acceptors (Lipinski definition) is 2. The standard InChI is InChI=1S/C23H26N4O/c1-15(2)27-16(3)11-19(17(27)4)12-20(13-24)23(28)25-10-9-18-14-26-22-8-6-5-7-21(18)22/h5-8,11-12,14-15,26H,9-10H2,1-4H3,(H,25,28). The van der Waals surface area contributed by atoms with Crippen molar-refractivity contribution in [3.05, 3.63) is 64.6 Å². The highest BCUT2D eigenvalue weighted by molar-refractivity contribution is 6.01. The van der Waals surface area contributed by atoms with Crippen LogP contribution < -0.4 is 5.32 Å². The Labute approximate surface area is 165 Å². The van der Waals surface area contributed by atoms with Gasteiger partial charge in [0.1, 0.15) is 11.6 Å². The number of H-pyrrole nitrogens is 1. The predicted molar refractivity (Wildman–Crippen MR) is 113 cm³/mol. The molecular weight excluding hydrogens is 348 g/mol. The molecule has 0 aliphatic carbocycles. The minimum absolute atomic E-state index is 0.128. The van der Waals surface area contributed by atoms with Crippen LogP contribution in [0.4, 0.5) is 0 Å². The van der Waals surface area contributed by atoms with E-state index in [1.54, 1.807) is 6.08 Å². The van der Waals surface area contributed by atoms with Gasteiger partial charge in [-0.2, -0.15) is 5.26 Å². The fourth-order valence-electron chi connectivity index (χ4n) is 3.79. The molecule has 0 bridgehead atoms. The fourth-order valence-corrected chi connectivity index (χ4v) is 3.79. The molecule has 0 saturated carbocycles. The van der Waals surface area contributed by atoms with Gasteiger partial charge in [-0.3, -0.25) is 4.79 Å². The minimum Gasteiger partial charge on any atom is -0.361 e. The largest absolute Gasteiger partial charge is 0.361 e. The van der Waals surface area contributed by atoms with Gasteiger partial charge in [0.15, 0.2) is 0 Å². The Balaban J connectivity index is 1.70. The van der Waals surface area contributed by atoms with Gasteiger partial charge in [-0.25, -0.2) is 0 Å². The molecule has 0 radical (unpaired) electrons. The number of nitrogens with one attached hydrogen (secondary N) is 2. The van der Waals surface area contributed by atoms with E-state index in [2.05, 4.69) is 34.8 Å². The second-order valence-electron chi connectivity index (χ2n) is 7.33. The van der Waals surface area contributed by atoms with Crippen LogP contribution in [-0.2, 0) is 11.2 Å². The average molecular weight is 374 g/mol. The topological polar surface area (TPSA) is 73.6 Å². The molecule has 5 nitrogen and oxygen atoms in total.